The first-order valence-electron chi connectivity index (χ1n) is 3.90. The quantitative estimate of drug-likeness (QED) is 0.607. The van der Waals surface area contributed by atoms with Crippen LogP contribution in [-0.4, -0.2) is 34.5 Å². The summed E-state index contributed by atoms with van der Waals surface area (Å²) in [4.78, 5) is 0. The molecule has 4 nitrogen and oxygen atoms in total. The second-order valence-corrected chi connectivity index (χ2v) is 4.74. The topological polar surface area (TPSA) is 52.6 Å². The highest BCUT2D eigenvalue weighted by molar-refractivity contribution is 7.85. The van der Waals surface area contributed by atoms with Crippen molar-refractivity contribution < 1.29 is 17.3 Å². The first-order chi connectivity index (χ1) is 5.53. The molecule has 0 aromatic rings. The molecule has 0 heterocycles. The summed E-state index contributed by atoms with van der Waals surface area (Å²) in [5.74, 6) is 0.254. The van der Waals surface area contributed by atoms with E-state index in [1.54, 1.807) is 7.11 Å². The normalized spacial score (nSPS) is 29.8. The number of hydrogen-bond donors (Lipinski definition) is 0. The van der Waals surface area contributed by atoms with E-state index in [1.807, 2.05) is 0 Å². The second-order valence-electron chi connectivity index (χ2n) is 3.10. The highest BCUT2D eigenvalue weighted by Crippen LogP contribution is 2.30. The predicted octanol–water partition coefficient (Wildman–Crippen LogP) is 0.388. The molecule has 1 fully saturated rings. The number of hydrogen-bond acceptors (Lipinski definition) is 4. The van der Waals surface area contributed by atoms with Crippen LogP contribution >= 0.6 is 0 Å². The Hall–Kier alpha value is -0.130. The third-order valence-electron chi connectivity index (χ3n) is 2.15. The van der Waals surface area contributed by atoms with Crippen molar-refractivity contribution in [2.45, 2.75) is 18.9 Å². The van der Waals surface area contributed by atoms with Crippen molar-refractivity contribution in [2.24, 2.45) is 5.92 Å². The molecular weight excluding hydrogens is 180 g/mol. The summed E-state index contributed by atoms with van der Waals surface area (Å²) >= 11 is 0. The monoisotopic (exact) mass is 194 g/mol. The predicted molar refractivity (Wildman–Crippen MR) is 44.3 cm³/mol. The summed E-state index contributed by atoms with van der Waals surface area (Å²) in [6, 6.07) is 0. The van der Waals surface area contributed by atoms with Gasteiger partial charge in [-0.2, -0.15) is 8.42 Å². The molecule has 0 amide bonds. The van der Waals surface area contributed by atoms with E-state index in [2.05, 4.69) is 4.18 Å². The van der Waals surface area contributed by atoms with E-state index in [0.29, 0.717) is 0 Å². The van der Waals surface area contributed by atoms with Crippen molar-refractivity contribution in [1.82, 2.24) is 0 Å². The Bertz CT molecular complexity index is 232. The first kappa shape index (κ1) is 9.95. The Labute approximate surface area is 73.0 Å². The summed E-state index contributed by atoms with van der Waals surface area (Å²) in [6.07, 6.45) is 3.25. The average Bonchev–Trinajstić information content (AvgIpc) is 1.83. The summed E-state index contributed by atoms with van der Waals surface area (Å²) in [7, 11) is -1.65. The lowest BCUT2D eigenvalue weighted by Gasteiger charge is -2.34. The van der Waals surface area contributed by atoms with Gasteiger partial charge in [0.15, 0.2) is 0 Å². The van der Waals surface area contributed by atoms with Gasteiger partial charge in [-0.3, -0.25) is 4.18 Å². The Morgan fingerprint density at radius 3 is 2.42 bits per heavy atom. The maximum Gasteiger partial charge on any atom is 0.264 e. The van der Waals surface area contributed by atoms with Crippen molar-refractivity contribution >= 4 is 10.1 Å². The molecule has 0 unspecified atom stereocenters. The minimum absolute atomic E-state index is 0.187. The molecule has 0 radical (unpaired) electrons. The maximum absolute atomic E-state index is 10.6. The van der Waals surface area contributed by atoms with Gasteiger partial charge in [0.05, 0.1) is 19.0 Å². The highest BCUT2D eigenvalue weighted by Gasteiger charge is 2.31. The maximum atomic E-state index is 10.6. The number of rotatable bonds is 4. The van der Waals surface area contributed by atoms with Crippen LogP contribution in [0.4, 0.5) is 0 Å². The fraction of sp³-hybridized carbons (Fsp3) is 1.00. The zero-order valence-electron chi connectivity index (χ0n) is 7.32. The van der Waals surface area contributed by atoms with Gasteiger partial charge >= 0.3 is 0 Å². The summed E-state index contributed by atoms with van der Waals surface area (Å²) in [5.41, 5.74) is 0. The molecule has 0 N–H and O–H groups in total. The van der Waals surface area contributed by atoms with Crippen LogP contribution in [0.15, 0.2) is 0 Å². The molecule has 0 aromatic heterocycles. The molecule has 0 aliphatic heterocycles. The second kappa shape index (κ2) is 3.72. The van der Waals surface area contributed by atoms with Gasteiger partial charge in [0.2, 0.25) is 0 Å². The lowest BCUT2D eigenvalue weighted by atomic mass is 9.83. The molecule has 0 bridgehead atoms. The van der Waals surface area contributed by atoms with Crippen LogP contribution in [-0.2, 0) is 19.0 Å². The molecule has 0 aromatic carbocycles. The molecule has 1 saturated carbocycles. The fourth-order valence-electron chi connectivity index (χ4n) is 1.25. The molecule has 12 heavy (non-hydrogen) atoms. The van der Waals surface area contributed by atoms with Gasteiger partial charge in [-0.05, 0) is 12.8 Å². The molecule has 0 saturated heterocycles. The van der Waals surface area contributed by atoms with Crippen molar-refractivity contribution in [3.05, 3.63) is 0 Å². The zero-order valence-corrected chi connectivity index (χ0v) is 8.13. The molecule has 5 heteroatoms. The van der Waals surface area contributed by atoms with E-state index in [1.165, 1.54) is 0 Å². The molecular formula is C7H14O4S. The minimum atomic E-state index is -3.28. The first-order valence-corrected chi connectivity index (χ1v) is 5.72. The largest absolute Gasteiger partial charge is 0.381 e. The van der Waals surface area contributed by atoms with E-state index in [-0.39, 0.29) is 18.6 Å². The van der Waals surface area contributed by atoms with Crippen molar-refractivity contribution in [3.8, 4) is 0 Å². The Morgan fingerprint density at radius 1 is 1.42 bits per heavy atom. The fourth-order valence-corrected chi connectivity index (χ4v) is 1.67. The van der Waals surface area contributed by atoms with Gasteiger partial charge in [0.1, 0.15) is 0 Å². The summed E-state index contributed by atoms with van der Waals surface area (Å²) in [6.45, 7) is 0.261. The highest BCUT2D eigenvalue weighted by atomic mass is 32.2. The van der Waals surface area contributed by atoms with E-state index < -0.39 is 10.1 Å². The molecule has 72 valence electrons. The lowest BCUT2D eigenvalue weighted by molar-refractivity contribution is -0.0333. The Kier molecular flexibility index (Phi) is 3.09. The van der Waals surface area contributed by atoms with E-state index >= 15 is 0 Å². The lowest BCUT2D eigenvalue weighted by Crippen LogP contribution is -2.36. The Balaban J connectivity index is 2.25. The molecule has 2 atom stereocenters. The summed E-state index contributed by atoms with van der Waals surface area (Å²) < 4.78 is 31.0. The van der Waals surface area contributed by atoms with Gasteiger partial charge in [-0.25, -0.2) is 0 Å². The van der Waals surface area contributed by atoms with Crippen LogP contribution in [0, 0.1) is 5.92 Å². The van der Waals surface area contributed by atoms with Crippen LogP contribution in [0.3, 0.4) is 0 Å². The number of ether oxygens (including phenoxy) is 1. The van der Waals surface area contributed by atoms with E-state index in [9.17, 15) is 8.42 Å². The minimum Gasteiger partial charge on any atom is -0.381 e. The standard InChI is InChI=1S/C7H14O4S/c1-10-7-4-3-6(7)5-11-12(2,8)9/h6-7H,3-5H2,1-2H3/t6-,7-/m0/s1. The molecule has 1 aliphatic carbocycles. The van der Waals surface area contributed by atoms with E-state index in [0.717, 1.165) is 19.1 Å². The van der Waals surface area contributed by atoms with Crippen molar-refractivity contribution in [3.63, 3.8) is 0 Å². The Morgan fingerprint density at radius 2 is 2.08 bits per heavy atom. The van der Waals surface area contributed by atoms with Gasteiger partial charge in [-0.1, -0.05) is 0 Å². The molecule has 1 aliphatic rings. The molecule has 0 spiro atoms. The smallest absolute Gasteiger partial charge is 0.264 e. The zero-order chi connectivity index (χ0) is 9.19. The van der Waals surface area contributed by atoms with Gasteiger partial charge in [0.25, 0.3) is 10.1 Å². The van der Waals surface area contributed by atoms with E-state index in [4.69, 9.17) is 4.74 Å². The summed E-state index contributed by atoms with van der Waals surface area (Å²) in [5, 5.41) is 0. The van der Waals surface area contributed by atoms with Crippen molar-refractivity contribution in [1.29, 1.82) is 0 Å². The van der Waals surface area contributed by atoms with Gasteiger partial charge < -0.3 is 4.74 Å². The van der Waals surface area contributed by atoms with Crippen molar-refractivity contribution in [2.75, 3.05) is 20.0 Å². The third-order valence-corrected chi connectivity index (χ3v) is 2.71. The van der Waals surface area contributed by atoms with Crippen LogP contribution in [0.25, 0.3) is 0 Å². The third kappa shape index (κ3) is 2.73. The number of methoxy groups -OCH3 is 1. The van der Waals surface area contributed by atoms with Crippen LogP contribution in [0.1, 0.15) is 12.8 Å². The van der Waals surface area contributed by atoms with Crippen LogP contribution in [0.2, 0.25) is 0 Å². The van der Waals surface area contributed by atoms with Crippen LogP contribution < -0.4 is 0 Å². The average molecular weight is 194 g/mol. The van der Waals surface area contributed by atoms with Crippen LogP contribution in [0.5, 0.6) is 0 Å². The molecule has 1 rings (SSSR count). The SMILES string of the molecule is CO[C@H]1CC[C@H]1COS(C)(=O)=O. The van der Waals surface area contributed by atoms with Gasteiger partial charge in [0, 0.05) is 13.0 Å². The van der Waals surface area contributed by atoms with Gasteiger partial charge in [-0.15, -0.1) is 0 Å².